The van der Waals surface area contributed by atoms with Crippen LogP contribution in [0.3, 0.4) is 0 Å². The first-order valence-electron chi connectivity index (χ1n) is 7.20. The summed E-state index contributed by atoms with van der Waals surface area (Å²) in [6.45, 7) is 1.62. The molecule has 0 aliphatic rings. The van der Waals surface area contributed by atoms with Crippen LogP contribution < -0.4 is 4.72 Å². The molecular formula is C17H13ClN2O4S. The fourth-order valence-corrected chi connectivity index (χ4v) is 4.09. The predicted octanol–water partition coefficient (Wildman–Crippen LogP) is 4.71. The number of phenolic OH excluding ortho intramolecular Hbond substituents is 1. The average Bonchev–Trinajstić information content (AvgIpc) is 2.59. The summed E-state index contributed by atoms with van der Waals surface area (Å²) in [7, 11) is -3.99. The van der Waals surface area contributed by atoms with E-state index in [0.717, 1.165) is 0 Å². The summed E-state index contributed by atoms with van der Waals surface area (Å²) in [4.78, 5) is 10.6. The van der Waals surface area contributed by atoms with Gasteiger partial charge in [0.1, 0.15) is 11.4 Å². The van der Waals surface area contributed by atoms with Crippen LogP contribution in [-0.4, -0.2) is 13.5 Å². The van der Waals surface area contributed by atoms with Gasteiger partial charge in [-0.05, 0) is 35.9 Å². The zero-order valence-corrected chi connectivity index (χ0v) is 14.6. The monoisotopic (exact) mass is 376 g/mol. The third-order valence-corrected chi connectivity index (χ3v) is 5.58. The van der Waals surface area contributed by atoms with Crippen LogP contribution in [0, 0.1) is 11.8 Å². The van der Waals surface area contributed by atoms with Crippen molar-refractivity contribution in [1.82, 2.24) is 0 Å². The summed E-state index contributed by atoms with van der Waals surface area (Å²) >= 11 is 6.01. The van der Waals surface area contributed by atoms with Gasteiger partial charge in [-0.1, -0.05) is 41.9 Å². The van der Waals surface area contributed by atoms with Crippen LogP contribution >= 0.6 is 11.6 Å². The number of sulfonamides is 1. The number of aromatic hydroxyl groups is 1. The standard InChI is InChI=1S/C17H13ClN2O4S/c1-10-6-7-11(19-22)8-16(10)25(23,24)20-15-9-14(18)17(21)13-5-3-2-4-12(13)15/h2-9,20-21H,1H3. The van der Waals surface area contributed by atoms with E-state index >= 15 is 0 Å². The van der Waals surface area contributed by atoms with Crippen LogP contribution in [0.15, 0.2) is 58.6 Å². The Kier molecular flexibility index (Phi) is 4.36. The van der Waals surface area contributed by atoms with Crippen molar-refractivity contribution in [3.8, 4) is 5.75 Å². The van der Waals surface area contributed by atoms with E-state index in [-0.39, 0.29) is 27.0 Å². The second-order valence-corrected chi connectivity index (χ2v) is 7.50. The van der Waals surface area contributed by atoms with Crippen LogP contribution in [0.1, 0.15) is 5.56 Å². The molecule has 0 atom stereocenters. The summed E-state index contributed by atoms with van der Waals surface area (Å²) in [6, 6.07) is 12.2. The minimum absolute atomic E-state index is 0.0135. The largest absolute Gasteiger partial charge is 0.506 e. The maximum absolute atomic E-state index is 12.8. The quantitative estimate of drug-likeness (QED) is 0.509. The summed E-state index contributed by atoms with van der Waals surface area (Å²) in [5, 5.41) is 13.8. The third-order valence-electron chi connectivity index (χ3n) is 3.78. The molecule has 0 unspecified atom stereocenters. The number of halogens is 1. The van der Waals surface area contributed by atoms with Gasteiger partial charge in [0.15, 0.2) is 0 Å². The molecule has 0 amide bonds. The lowest BCUT2D eigenvalue weighted by Gasteiger charge is -2.14. The molecule has 3 aromatic carbocycles. The van der Waals surface area contributed by atoms with Crippen molar-refractivity contribution >= 4 is 43.8 Å². The Morgan fingerprint density at radius 2 is 1.76 bits per heavy atom. The van der Waals surface area contributed by atoms with E-state index in [1.807, 2.05) is 0 Å². The molecule has 0 saturated carbocycles. The van der Waals surface area contributed by atoms with Crippen LogP contribution in [0.4, 0.5) is 11.4 Å². The lowest BCUT2D eigenvalue weighted by Crippen LogP contribution is -2.14. The van der Waals surface area contributed by atoms with Gasteiger partial charge in [0.25, 0.3) is 10.0 Å². The fourth-order valence-electron chi connectivity index (χ4n) is 2.55. The Hall–Kier alpha value is -2.64. The number of anilines is 1. The van der Waals surface area contributed by atoms with E-state index in [9.17, 15) is 18.4 Å². The molecular weight excluding hydrogens is 364 g/mol. The lowest BCUT2D eigenvalue weighted by molar-refractivity contribution is 0.482. The van der Waals surface area contributed by atoms with E-state index < -0.39 is 10.0 Å². The number of hydrogen-bond donors (Lipinski definition) is 2. The van der Waals surface area contributed by atoms with E-state index in [2.05, 4.69) is 9.90 Å². The molecule has 0 fully saturated rings. The molecule has 0 heterocycles. The molecule has 128 valence electrons. The Morgan fingerprint density at radius 3 is 2.44 bits per heavy atom. The first-order valence-corrected chi connectivity index (χ1v) is 9.06. The van der Waals surface area contributed by atoms with Crippen molar-refractivity contribution in [3.05, 3.63) is 64.0 Å². The van der Waals surface area contributed by atoms with Crippen molar-refractivity contribution in [1.29, 1.82) is 0 Å². The summed E-state index contributed by atoms with van der Waals surface area (Å²) < 4.78 is 28.0. The van der Waals surface area contributed by atoms with Crippen LogP contribution in [0.2, 0.25) is 5.02 Å². The summed E-state index contributed by atoms with van der Waals surface area (Å²) in [5.41, 5.74) is 0.705. The van der Waals surface area contributed by atoms with Gasteiger partial charge in [-0.15, -0.1) is 4.91 Å². The first-order chi connectivity index (χ1) is 11.8. The second kappa shape index (κ2) is 6.34. The van der Waals surface area contributed by atoms with Gasteiger partial charge in [0.05, 0.1) is 15.6 Å². The first kappa shape index (κ1) is 17.2. The van der Waals surface area contributed by atoms with Crippen molar-refractivity contribution in [3.63, 3.8) is 0 Å². The highest BCUT2D eigenvalue weighted by Crippen LogP contribution is 2.38. The molecule has 0 bridgehead atoms. The minimum atomic E-state index is -3.99. The molecule has 0 aliphatic carbocycles. The number of fused-ring (bicyclic) bond motifs is 1. The van der Waals surface area contributed by atoms with Crippen molar-refractivity contribution in [2.75, 3.05) is 4.72 Å². The number of nitroso groups, excluding NO2 is 1. The third kappa shape index (κ3) is 3.16. The molecule has 0 spiro atoms. The fraction of sp³-hybridized carbons (Fsp3) is 0.0588. The molecule has 8 heteroatoms. The van der Waals surface area contributed by atoms with E-state index in [1.165, 1.54) is 24.3 Å². The molecule has 0 aliphatic heterocycles. The Labute approximate surface area is 149 Å². The van der Waals surface area contributed by atoms with Gasteiger partial charge >= 0.3 is 0 Å². The van der Waals surface area contributed by atoms with Gasteiger partial charge < -0.3 is 5.11 Å². The number of phenols is 1. The maximum Gasteiger partial charge on any atom is 0.262 e. The molecule has 0 saturated heterocycles. The SMILES string of the molecule is Cc1ccc(N=O)cc1S(=O)(=O)Nc1cc(Cl)c(O)c2ccccc12. The van der Waals surface area contributed by atoms with Crippen LogP contribution in [0.25, 0.3) is 10.8 Å². The highest BCUT2D eigenvalue weighted by atomic mass is 35.5. The molecule has 3 rings (SSSR count). The van der Waals surface area contributed by atoms with Crippen molar-refractivity contribution < 1.29 is 13.5 Å². The van der Waals surface area contributed by atoms with Gasteiger partial charge in [-0.3, -0.25) is 4.72 Å². The van der Waals surface area contributed by atoms with Crippen molar-refractivity contribution in [2.24, 2.45) is 5.18 Å². The number of aryl methyl sites for hydroxylation is 1. The Morgan fingerprint density at radius 1 is 1.08 bits per heavy atom. The van der Waals surface area contributed by atoms with Crippen LogP contribution in [-0.2, 0) is 10.0 Å². The summed E-state index contributed by atoms with van der Waals surface area (Å²) in [5.74, 6) is -0.122. The number of nitrogens with zero attached hydrogens (tertiary/aromatic N) is 1. The predicted molar refractivity (Wildman–Crippen MR) is 98.1 cm³/mol. The smallest absolute Gasteiger partial charge is 0.262 e. The Balaban J connectivity index is 2.16. The normalized spacial score (nSPS) is 11.4. The highest BCUT2D eigenvalue weighted by molar-refractivity contribution is 7.92. The lowest BCUT2D eigenvalue weighted by atomic mass is 10.1. The molecule has 0 radical (unpaired) electrons. The molecule has 6 nitrogen and oxygen atoms in total. The van der Waals surface area contributed by atoms with Crippen LogP contribution in [0.5, 0.6) is 5.75 Å². The highest BCUT2D eigenvalue weighted by Gasteiger charge is 2.20. The molecule has 2 N–H and O–H groups in total. The minimum Gasteiger partial charge on any atom is -0.506 e. The average molecular weight is 377 g/mol. The van der Waals surface area contributed by atoms with Gasteiger partial charge in [-0.25, -0.2) is 8.42 Å². The zero-order valence-electron chi connectivity index (χ0n) is 13.0. The number of nitrogens with one attached hydrogen (secondary N) is 1. The Bertz CT molecular complexity index is 1100. The molecule has 3 aromatic rings. The molecule has 25 heavy (non-hydrogen) atoms. The summed E-state index contributed by atoms with van der Waals surface area (Å²) in [6.07, 6.45) is 0. The maximum atomic E-state index is 12.8. The number of benzene rings is 3. The van der Waals surface area contributed by atoms with Gasteiger partial charge in [0, 0.05) is 10.8 Å². The van der Waals surface area contributed by atoms with Gasteiger partial charge in [0.2, 0.25) is 0 Å². The van der Waals surface area contributed by atoms with Gasteiger partial charge in [-0.2, -0.15) is 0 Å². The zero-order chi connectivity index (χ0) is 18.2. The topological polar surface area (TPSA) is 95.8 Å². The van der Waals surface area contributed by atoms with Crippen molar-refractivity contribution in [2.45, 2.75) is 11.8 Å². The van der Waals surface area contributed by atoms with E-state index in [0.29, 0.717) is 16.3 Å². The number of rotatable bonds is 4. The van der Waals surface area contributed by atoms with E-state index in [1.54, 1.807) is 31.2 Å². The van der Waals surface area contributed by atoms with E-state index in [4.69, 9.17) is 11.6 Å². The molecule has 0 aromatic heterocycles. The second-order valence-electron chi connectivity index (χ2n) is 5.45. The number of hydrogen-bond acceptors (Lipinski definition) is 5.